The Morgan fingerprint density at radius 1 is 1.33 bits per heavy atom. The Bertz CT molecular complexity index is 849. The first-order chi connectivity index (χ1) is 11.2. The number of hydrogen-bond acceptors (Lipinski definition) is 7. The van der Waals surface area contributed by atoms with Gasteiger partial charge in [-0.3, -0.25) is 14.4 Å². The van der Waals surface area contributed by atoms with Gasteiger partial charge in [0, 0.05) is 0 Å². The maximum atomic E-state index is 12.3. The largest absolute Gasteiger partial charge is 0.299 e. The molecular formula is C14H18N4O3S3. The van der Waals surface area contributed by atoms with E-state index in [2.05, 4.69) is 15.5 Å². The van der Waals surface area contributed by atoms with Gasteiger partial charge in [-0.05, 0) is 37.3 Å². The van der Waals surface area contributed by atoms with E-state index in [0.29, 0.717) is 10.8 Å². The summed E-state index contributed by atoms with van der Waals surface area (Å²) in [5.74, 6) is -0.467. The number of carbonyl (C=O) groups is 1. The Hall–Kier alpha value is -1.65. The number of hydrogen-bond donors (Lipinski definition) is 1. The zero-order valence-electron chi connectivity index (χ0n) is 13.7. The molecule has 0 fully saturated rings. The Labute approximate surface area is 149 Å². The van der Waals surface area contributed by atoms with Crippen LogP contribution in [0, 0.1) is 13.8 Å². The fourth-order valence-corrected chi connectivity index (χ4v) is 4.09. The zero-order chi connectivity index (χ0) is 17.9. The first kappa shape index (κ1) is 18.7. The van der Waals surface area contributed by atoms with Crippen molar-refractivity contribution in [3.05, 3.63) is 29.3 Å². The van der Waals surface area contributed by atoms with E-state index in [1.807, 2.05) is 25.3 Å². The van der Waals surface area contributed by atoms with Crippen LogP contribution in [-0.2, 0) is 14.8 Å². The van der Waals surface area contributed by atoms with Crippen LogP contribution in [0.3, 0.4) is 0 Å². The number of amides is 1. The van der Waals surface area contributed by atoms with Crippen LogP contribution in [0.15, 0.2) is 22.5 Å². The Balaban J connectivity index is 2.23. The molecular weight excluding hydrogens is 368 g/mol. The fourth-order valence-electron chi connectivity index (χ4n) is 2.00. The number of rotatable bonds is 6. The van der Waals surface area contributed by atoms with Gasteiger partial charge in [0.1, 0.15) is 6.54 Å². The van der Waals surface area contributed by atoms with Gasteiger partial charge in [-0.25, -0.2) is 8.42 Å². The van der Waals surface area contributed by atoms with Crippen LogP contribution in [0.4, 0.5) is 10.8 Å². The minimum atomic E-state index is -3.61. The van der Waals surface area contributed by atoms with Gasteiger partial charge < -0.3 is 0 Å². The molecule has 0 radical (unpaired) electrons. The highest BCUT2D eigenvalue weighted by Crippen LogP contribution is 2.25. The summed E-state index contributed by atoms with van der Waals surface area (Å²) in [6.07, 6.45) is 2.94. The van der Waals surface area contributed by atoms with Crippen LogP contribution >= 0.6 is 23.1 Å². The average molecular weight is 387 g/mol. The van der Waals surface area contributed by atoms with E-state index in [-0.39, 0.29) is 6.54 Å². The molecule has 0 bridgehead atoms. The molecule has 1 aromatic carbocycles. The van der Waals surface area contributed by atoms with E-state index in [1.54, 1.807) is 13.0 Å². The highest BCUT2D eigenvalue weighted by Gasteiger charge is 2.23. The number of thioether (sulfide) groups is 1. The third-order valence-corrected chi connectivity index (χ3v) is 6.09. The predicted octanol–water partition coefficient (Wildman–Crippen LogP) is 2.28. The molecule has 1 aromatic heterocycles. The van der Waals surface area contributed by atoms with Crippen molar-refractivity contribution in [2.75, 3.05) is 28.7 Å². The lowest BCUT2D eigenvalue weighted by Gasteiger charge is -2.23. The summed E-state index contributed by atoms with van der Waals surface area (Å²) in [6, 6.07) is 5.47. The minimum absolute atomic E-state index is 0.322. The normalized spacial score (nSPS) is 11.3. The third-order valence-electron chi connectivity index (χ3n) is 3.15. The van der Waals surface area contributed by atoms with E-state index in [9.17, 15) is 13.2 Å². The lowest BCUT2D eigenvalue weighted by atomic mass is 10.1. The van der Waals surface area contributed by atoms with Gasteiger partial charge in [0.25, 0.3) is 0 Å². The van der Waals surface area contributed by atoms with Crippen molar-refractivity contribution in [3.63, 3.8) is 0 Å². The summed E-state index contributed by atoms with van der Waals surface area (Å²) in [5.41, 5.74) is 2.19. The van der Waals surface area contributed by atoms with E-state index in [4.69, 9.17) is 0 Å². The molecule has 0 saturated heterocycles. The van der Waals surface area contributed by atoms with Gasteiger partial charge >= 0.3 is 0 Å². The van der Waals surface area contributed by atoms with Crippen molar-refractivity contribution in [1.29, 1.82) is 0 Å². The topological polar surface area (TPSA) is 92.3 Å². The molecule has 1 amide bonds. The van der Waals surface area contributed by atoms with Crippen LogP contribution in [-0.4, -0.2) is 43.6 Å². The maximum Gasteiger partial charge on any atom is 0.246 e. The molecule has 0 saturated carbocycles. The number of nitrogens with one attached hydrogen (secondary N) is 1. The zero-order valence-corrected chi connectivity index (χ0v) is 16.2. The standard InChI is InChI=1S/C14H18N4O3S3/c1-9-5-6-10(2)11(7-9)18(24(4,20)21)8-12(19)15-13-16-17-14(22-3)23-13/h5-7H,8H2,1-4H3,(H,15,16,19). The van der Waals surface area contributed by atoms with Gasteiger partial charge in [-0.15, -0.1) is 10.2 Å². The molecule has 24 heavy (non-hydrogen) atoms. The molecule has 2 rings (SSSR count). The second-order valence-corrected chi connectivity index (χ2v) is 9.12. The summed E-state index contributed by atoms with van der Waals surface area (Å²) in [7, 11) is -3.61. The molecule has 0 aliphatic carbocycles. The quantitative estimate of drug-likeness (QED) is 0.605. The summed E-state index contributed by atoms with van der Waals surface area (Å²) >= 11 is 2.66. The number of aryl methyl sites for hydroxylation is 2. The number of carbonyl (C=O) groups excluding carboxylic acids is 1. The van der Waals surface area contributed by atoms with Crippen LogP contribution < -0.4 is 9.62 Å². The smallest absolute Gasteiger partial charge is 0.246 e. The first-order valence-corrected chi connectivity index (χ1v) is 10.8. The number of anilines is 2. The summed E-state index contributed by atoms with van der Waals surface area (Å²) in [4.78, 5) is 12.3. The number of benzene rings is 1. The van der Waals surface area contributed by atoms with Gasteiger partial charge in [0.2, 0.25) is 21.1 Å². The van der Waals surface area contributed by atoms with E-state index < -0.39 is 15.9 Å². The number of nitrogens with zero attached hydrogens (tertiary/aromatic N) is 3. The Kier molecular flexibility index (Phi) is 5.83. The van der Waals surface area contributed by atoms with Crippen molar-refractivity contribution in [3.8, 4) is 0 Å². The van der Waals surface area contributed by atoms with Crippen LogP contribution in [0.1, 0.15) is 11.1 Å². The molecule has 2 aromatic rings. The number of aromatic nitrogens is 2. The average Bonchev–Trinajstić information content (AvgIpc) is 2.94. The first-order valence-electron chi connectivity index (χ1n) is 6.93. The van der Waals surface area contributed by atoms with Crippen molar-refractivity contribution in [2.45, 2.75) is 18.2 Å². The molecule has 0 atom stereocenters. The van der Waals surface area contributed by atoms with E-state index in [0.717, 1.165) is 26.0 Å². The molecule has 10 heteroatoms. The van der Waals surface area contributed by atoms with Crippen molar-refractivity contribution >= 4 is 49.8 Å². The highest BCUT2D eigenvalue weighted by atomic mass is 32.2. The SMILES string of the molecule is CSc1nnc(NC(=O)CN(c2cc(C)ccc2C)S(C)(=O)=O)s1. The summed E-state index contributed by atoms with van der Waals surface area (Å²) < 4.78 is 26.1. The highest BCUT2D eigenvalue weighted by molar-refractivity contribution is 8.00. The summed E-state index contributed by atoms with van der Waals surface area (Å²) in [6.45, 7) is 3.35. The second kappa shape index (κ2) is 7.49. The van der Waals surface area contributed by atoms with Crippen LogP contribution in [0.2, 0.25) is 0 Å². The van der Waals surface area contributed by atoms with E-state index in [1.165, 1.54) is 23.1 Å². The molecule has 130 valence electrons. The fraction of sp³-hybridized carbons (Fsp3) is 0.357. The van der Waals surface area contributed by atoms with Gasteiger partial charge in [-0.2, -0.15) is 0 Å². The van der Waals surface area contributed by atoms with Gasteiger partial charge in [-0.1, -0.05) is 35.2 Å². The minimum Gasteiger partial charge on any atom is -0.299 e. The predicted molar refractivity (Wildman–Crippen MR) is 98.4 cm³/mol. The molecule has 7 nitrogen and oxygen atoms in total. The van der Waals surface area contributed by atoms with Crippen molar-refractivity contribution in [2.24, 2.45) is 0 Å². The molecule has 0 spiro atoms. The molecule has 0 unspecified atom stereocenters. The lowest BCUT2D eigenvalue weighted by molar-refractivity contribution is -0.114. The molecule has 1 N–H and O–H groups in total. The van der Waals surface area contributed by atoms with E-state index >= 15 is 0 Å². The molecule has 1 heterocycles. The molecule has 0 aliphatic heterocycles. The second-order valence-electron chi connectivity index (χ2n) is 5.18. The summed E-state index contributed by atoms with van der Waals surface area (Å²) in [5, 5.41) is 10.7. The lowest BCUT2D eigenvalue weighted by Crippen LogP contribution is -2.37. The Morgan fingerprint density at radius 3 is 2.62 bits per heavy atom. The third kappa shape index (κ3) is 4.68. The number of sulfonamides is 1. The van der Waals surface area contributed by atoms with Crippen molar-refractivity contribution < 1.29 is 13.2 Å². The monoisotopic (exact) mass is 386 g/mol. The van der Waals surface area contributed by atoms with Crippen LogP contribution in [0.25, 0.3) is 0 Å². The van der Waals surface area contributed by atoms with Gasteiger partial charge in [0.15, 0.2) is 4.34 Å². The van der Waals surface area contributed by atoms with Crippen molar-refractivity contribution in [1.82, 2.24) is 10.2 Å². The van der Waals surface area contributed by atoms with Gasteiger partial charge in [0.05, 0.1) is 11.9 Å². The maximum absolute atomic E-state index is 12.3. The van der Waals surface area contributed by atoms with Crippen LogP contribution in [0.5, 0.6) is 0 Å². The Morgan fingerprint density at radius 2 is 2.04 bits per heavy atom. The molecule has 0 aliphatic rings.